The summed E-state index contributed by atoms with van der Waals surface area (Å²) in [5.74, 6) is 0.783. The van der Waals surface area contributed by atoms with Crippen LogP contribution in [0.1, 0.15) is 0 Å². The van der Waals surface area contributed by atoms with Crippen LogP contribution < -0.4 is 11.1 Å². The number of para-hydroxylation sites is 1. The van der Waals surface area contributed by atoms with Crippen molar-refractivity contribution in [2.45, 2.75) is 0 Å². The highest BCUT2D eigenvalue weighted by molar-refractivity contribution is 5.54. The minimum absolute atomic E-state index is 0.324. The Morgan fingerprint density at radius 2 is 1.74 bits per heavy atom. The van der Waals surface area contributed by atoms with Crippen molar-refractivity contribution < 1.29 is 0 Å². The van der Waals surface area contributed by atoms with Crippen LogP contribution in [0.3, 0.4) is 0 Å². The molecule has 3 aromatic rings. The van der Waals surface area contributed by atoms with Gasteiger partial charge in [-0.05, 0) is 24.3 Å². The fourth-order valence-corrected chi connectivity index (χ4v) is 1.70. The number of hydrogen-bond acceptors (Lipinski definition) is 5. The van der Waals surface area contributed by atoms with Crippen LogP contribution in [0.4, 0.5) is 17.6 Å². The molecule has 0 spiro atoms. The predicted molar refractivity (Wildman–Crippen MR) is 73.3 cm³/mol. The molecular weight excluding hydrogens is 240 g/mol. The van der Waals surface area contributed by atoms with Crippen molar-refractivity contribution in [1.82, 2.24) is 19.7 Å². The number of nitrogens with zero attached hydrogens (tertiary/aromatic N) is 4. The minimum Gasteiger partial charge on any atom is -0.368 e. The van der Waals surface area contributed by atoms with Gasteiger partial charge in [-0.25, -0.2) is 0 Å². The SMILES string of the molecule is Nc1nc(Nc2ccccc2)nn1-c1ccncc1. The second kappa shape index (κ2) is 4.77. The lowest BCUT2D eigenvalue weighted by atomic mass is 10.3. The molecule has 0 aliphatic heterocycles. The molecule has 6 heteroatoms. The number of hydrogen-bond donors (Lipinski definition) is 2. The lowest BCUT2D eigenvalue weighted by molar-refractivity contribution is 0.891. The lowest BCUT2D eigenvalue weighted by Gasteiger charge is -2.01. The zero-order valence-electron chi connectivity index (χ0n) is 10.1. The molecule has 3 N–H and O–H groups in total. The quantitative estimate of drug-likeness (QED) is 0.745. The van der Waals surface area contributed by atoms with Crippen molar-refractivity contribution in [2.24, 2.45) is 0 Å². The molecule has 0 saturated heterocycles. The fraction of sp³-hybridized carbons (Fsp3) is 0. The third-order valence-electron chi connectivity index (χ3n) is 2.57. The van der Waals surface area contributed by atoms with E-state index in [9.17, 15) is 0 Å². The number of benzene rings is 1. The summed E-state index contributed by atoms with van der Waals surface area (Å²) in [5.41, 5.74) is 7.59. The van der Waals surface area contributed by atoms with Crippen LogP contribution in [0, 0.1) is 0 Å². The van der Waals surface area contributed by atoms with Crippen LogP contribution in [0.2, 0.25) is 0 Å². The average molecular weight is 252 g/mol. The number of rotatable bonds is 3. The standard InChI is InChI=1S/C13H12N6/c14-12-17-13(16-10-4-2-1-3-5-10)18-19(12)11-6-8-15-9-7-11/h1-9H,(H3,14,16,17,18). The molecule has 19 heavy (non-hydrogen) atoms. The van der Waals surface area contributed by atoms with E-state index in [0.717, 1.165) is 11.4 Å². The first-order valence-electron chi connectivity index (χ1n) is 5.78. The first-order chi connectivity index (χ1) is 9.33. The number of pyridine rings is 1. The summed E-state index contributed by atoms with van der Waals surface area (Å²) in [6, 6.07) is 13.3. The summed E-state index contributed by atoms with van der Waals surface area (Å²) in [4.78, 5) is 8.14. The molecule has 2 aromatic heterocycles. The van der Waals surface area contributed by atoms with E-state index < -0.39 is 0 Å². The minimum atomic E-state index is 0.324. The van der Waals surface area contributed by atoms with Crippen molar-refractivity contribution in [1.29, 1.82) is 0 Å². The molecule has 0 amide bonds. The topological polar surface area (TPSA) is 81.6 Å². The van der Waals surface area contributed by atoms with Gasteiger partial charge in [-0.3, -0.25) is 4.98 Å². The van der Waals surface area contributed by atoms with E-state index in [1.165, 1.54) is 0 Å². The van der Waals surface area contributed by atoms with Crippen molar-refractivity contribution in [3.05, 3.63) is 54.9 Å². The Morgan fingerprint density at radius 1 is 1.00 bits per heavy atom. The Hall–Kier alpha value is -2.89. The molecule has 0 aliphatic rings. The Bertz CT molecular complexity index is 662. The van der Waals surface area contributed by atoms with Gasteiger partial charge in [0.25, 0.3) is 0 Å². The zero-order chi connectivity index (χ0) is 13.1. The van der Waals surface area contributed by atoms with Gasteiger partial charge in [0, 0.05) is 18.1 Å². The maximum Gasteiger partial charge on any atom is 0.248 e. The van der Waals surface area contributed by atoms with E-state index >= 15 is 0 Å². The monoisotopic (exact) mass is 252 g/mol. The van der Waals surface area contributed by atoms with E-state index in [1.807, 2.05) is 42.5 Å². The van der Waals surface area contributed by atoms with E-state index in [0.29, 0.717) is 11.9 Å². The van der Waals surface area contributed by atoms with E-state index in [1.54, 1.807) is 17.1 Å². The number of nitrogen functional groups attached to an aromatic ring is 1. The Labute approximate surface area is 109 Å². The molecule has 94 valence electrons. The Balaban J connectivity index is 1.90. The number of anilines is 3. The zero-order valence-corrected chi connectivity index (χ0v) is 10.1. The Kier molecular flexibility index (Phi) is 2.82. The molecule has 0 atom stereocenters. The molecule has 6 nitrogen and oxygen atoms in total. The number of aromatic nitrogens is 4. The van der Waals surface area contributed by atoms with Gasteiger partial charge in [-0.1, -0.05) is 18.2 Å². The summed E-state index contributed by atoms with van der Waals surface area (Å²) in [5, 5.41) is 7.41. The van der Waals surface area contributed by atoms with Gasteiger partial charge < -0.3 is 11.1 Å². The van der Waals surface area contributed by atoms with Crippen molar-refractivity contribution in [2.75, 3.05) is 11.1 Å². The molecule has 0 radical (unpaired) electrons. The van der Waals surface area contributed by atoms with Gasteiger partial charge in [0.05, 0.1) is 5.69 Å². The summed E-state index contributed by atoms with van der Waals surface area (Å²) in [6.45, 7) is 0. The van der Waals surface area contributed by atoms with E-state index in [-0.39, 0.29) is 0 Å². The molecule has 0 unspecified atom stereocenters. The molecule has 0 aliphatic carbocycles. The third-order valence-corrected chi connectivity index (χ3v) is 2.57. The largest absolute Gasteiger partial charge is 0.368 e. The van der Waals surface area contributed by atoms with Crippen LogP contribution in [-0.4, -0.2) is 19.7 Å². The predicted octanol–water partition coefficient (Wildman–Crippen LogP) is 1.99. The second-order valence-electron chi connectivity index (χ2n) is 3.90. The maximum atomic E-state index is 5.86. The van der Waals surface area contributed by atoms with Crippen molar-refractivity contribution in [3.63, 3.8) is 0 Å². The first kappa shape index (κ1) is 11.2. The van der Waals surface area contributed by atoms with Crippen LogP contribution in [0.25, 0.3) is 5.69 Å². The first-order valence-corrected chi connectivity index (χ1v) is 5.78. The Morgan fingerprint density at radius 3 is 2.47 bits per heavy atom. The normalized spacial score (nSPS) is 10.3. The fourth-order valence-electron chi connectivity index (χ4n) is 1.70. The second-order valence-corrected chi connectivity index (χ2v) is 3.90. The van der Waals surface area contributed by atoms with E-state index in [2.05, 4.69) is 20.4 Å². The number of nitrogens with two attached hydrogens (primary N) is 1. The highest BCUT2D eigenvalue weighted by atomic mass is 15.4. The molecule has 3 rings (SSSR count). The molecule has 1 aromatic carbocycles. The summed E-state index contributed by atoms with van der Waals surface area (Å²) < 4.78 is 1.56. The van der Waals surface area contributed by atoms with E-state index in [4.69, 9.17) is 5.73 Å². The molecular formula is C13H12N6. The van der Waals surface area contributed by atoms with Crippen molar-refractivity contribution in [3.8, 4) is 5.69 Å². The average Bonchev–Trinajstić information content (AvgIpc) is 2.82. The van der Waals surface area contributed by atoms with Crippen LogP contribution in [-0.2, 0) is 0 Å². The summed E-state index contributed by atoms with van der Waals surface area (Å²) in [6.07, 6.45) is 3.36. The number of nitrogens with one attached hydrogen (secondary N) is 1. The maximum absolute atomic E-state index is 5.86. The highest BCUT2D eigenvalue weighted by Crippen LogP contribution is 2.16. The van der Waals surface area contributed by atoms with Crippen molar-refractivity contribution >= 4 is 17.6 Å². The van der Waals surface area contributed by atoms with Crippen LogP contribution in [0.15, 0.2) is 54.9 Å². The molecule has 2 heterocycles. The van der Waals surface area contributed by atoms with Gasteiger partial charge in [-0.2, -0.15) is 9.67 Å². The summed E-state index contributed by atoms with van der Waals surface area (Å²) >= 11 is 0. The molecule has 0 saturated carbocycles. The smallest absolute Gasteiger partial charge is 0.248 e. The molecule has 0 fully saturated rings. The molecule has 0 bridgehead atoms. The van der Waals surface area contributed by atoms with Gasteiger partial charge in [0.1, 0.15) is 0 Å². The summed E-state index contributed by atoms with van der Waals surface area (Å²) in [7, 11) is 0. The van der Waals surface area contributed by atoms with Gasteiger partial charge in [0.15, 0.2) is 0 Å². The highest BCUT2D eigenvalue weighted by Gasteiger charge is 2.08. The van der Waals surface area contributed by atoms with Gasteiger partial charge in [0.2, 0.25) is 11.9 Å². The van der Waals surface area contributed by atoms with Crippen LogP contribution >= 0.6 is 0 Å². The third kappa shape index (κ3) is 2.37. The van der Waals surface area contributed by atoms with Gasteiger partial charge in [-0.15, -0.1) is 5.10 Å². The lowest BCUT2D eigenvalue weighted by Crippen LogP contribution is -2.02. The van der Waals surface area contributed by atoms with Crippen LogP contribution in [0.5, 0.6) is 0 Å². The van der Waals surface area contributed by atoms with Gasteiger partial charge >= 0.3 is 0 Å².